The van der Waals surface area contributed by atoms with E-state index in [1.54, 1.807) is 0 Å². The molecule has 1 amide bonds. The molecule has 5 heteroatoms. The lowest BCUT2D eigenvalue weighted by atomic mass is 9.79. The molecule has 0 bridgehead atoms. The number of amides is 1. The third kappa shape index (κ3) is 7.76. The molecule has 0 aliphatic heterocycles. The SMILES string of the molecule is CCCCC1CCC(C(=O)N(CCN(C)C)CC(C)C(=O)OC)CC1. The lowest BCUT2D eigenvalue weighted by Gasteiger charge is -2.33. The van der Waals surface area contributed by atoms with Gasteiger partial charge in [0.25, 0.3) is 0 Å². The van der Waals surface area contributed by atoms with E-state index in [-0.39, 0.29) is 23.7 Å². The highest BCUT2D eigenvalue weighted by molar-refractivity contribution is 5.80. The molecule has 1 saturated carbocycles. The zero-order chi connectivity index (χ0) is 18.8. The van der Waals surface area contributed by atoms with Gasteiger partial charge in [-0.05, 0) is 45.7 Å². The van der Waals surface area contributed by atoms with Crippen molar-refractivity contribution in [3.05, 3.63) is 0 Å². The summed E-state index contributed by atoms with van der Waals surface area (Å²) in [5.41, 5.74) is 0. The molecule has 1 fully saturated rings. The summed E-state index contributed by atoms with van der Waals surface area (Å²) in [6, 6.07) is 0. The third-order valence-corrected chi connectivity index (χ3v) is 5.39. The second-order valence-electron chi connectivity index (χ2n) is 7.87. The summed E-state index contributed by atoms with van der Waals surface area (Å²) in [5.74, 6) is 0.632. The smallest absolute Gasteiger partial charge is 0.310 e. The van der Waals surface area contributed by atoms with E-state index >= 15 is 0 Å². The van der Waals surface area contributed by atoms with Gasteiger partial charge in [0.05, 0.1) is 13.0 Å². The minimum Gasteiger partial charge on any atom is -0.469 e. The molecule has 1 aliphatic carbocycles. The second kappa shape index (κ2) is 11.5. The summed E-state index contributed by atoms with van der Waals surface area (Å²) in [6.07, 6.45) is 8.20. The summed E-state index contributed by atoms with van der Waals surface area (Å²) < 4.78 is 4.83. The van der Waals surface area contributed by atoms with E-state index in [0.717, 1.165) is 25.3 Å². The van der Waals surface area contributed by atoms with E-state index in [0.29, 0.717) is 13.1 Å². The summed E-state index contributed by atoms with van der Waals surface area (Å²) in [6.45, 7) is 6.01. The molecule has 1 rings (SSSR count). The van der Waals surface area contributed by atoms with Crippen molar-refractivity contribution in [2.45, 2.75) is 58.8 Å². The van der Waals surface area contributed by atoms with Crippen molar-refractivity contribution in [3.63, 3.8) is 0 Å². The standard InChI is InChI=1S/C20H38N2O3/c1-6-7-8-17-9-11-18(12-10-17)19(23)22(14-13-21(3)4)15-16(2)20(24)25-5/h16-18H,6-15H2,1-5H3. The lowest BCUT2D eigenvalue weighted by molar-refractivity contribution is -0.147. The Kier molecular flexibility index (Phi) is 10.1. The van der Waals surface area contributed by atoms with Gasteiger partial charge in [-0.1, -0.05) is 33.1 Å². The predicted octanol–water partition coefficient (Wildman–Crippen LogP) is 3.18. The maximum atomic E-state index is 13.0. The van der Waals surface area contributed by atoms with Gasteiger partial charge in [-0.25, -0.2) is 0 Å². The lowest BCUT2D eigenvalue weighted by Crippen LogP contribution is -2.44. The van der Waals surface area contributed by atoms with Crippen LogP contribution in [-0.4, -0.2) is 62.5 Å². The van der Waals surface area contributed by atoms with Crippen LogP contribution < -0.4 is 0 Å². The third-order valence-electron chi connectivity index (χ3n) is 5.39. The summed E-state index contributed by atoms with van der Waals surface area (Å²) in [5, 5.41) is 0. The van der Waals surface area contributed by atoms with Crippen LogP contribution in [0.15, 0.2) is 0 Å². The highest BCUT2D eigenvalue weighted by atomic mass is 16.5. The number of carbonyl (C=O) groups excluding carboxylic acids is 2. The highest BCUT2D eigenvalue weighted by Crippen LogP contribution is 2.33. The average molecular weight is 355 g/mol. The van der Waals surface area contributed by atoms with E-state index in [1.165, 1.54) is 39.2 Å². The van der Waals surface area contributed by atoms with Crippen LogP contribution in [0, 0.1) is 17.8 Å². The number of hydrogen-bond acceptors (Lipinski definition) is 4. The van der Waals surface area contributed by atoms with Gasteiger partial charge in [0, 0.05) is 25.6 Å². The van der Waals surface area contributed by atoms with Gasteiger partial charge in [-0.3, -0.25) is 9.59 Å². The zero-order valence-corrected chi connectivity index (χ0v) is 16.9. The number of methoxy groups -OCH3 is 1. The Labute approximate surface area is 154 Å². The van der Waals surface area contributed by atoms with Gasteiger partial charge in [-0.15, -0.1) is 0 Å². The quantitative estimate of drug-likeness (QED) is 0.565. The first kappa shape index (κ1) is 21.9. The maximum absolute atomic E-state index is 13.0. The first-order chi connectivity index (χ1) is 11.9. The van der Waals surface area contributed by atoms with Crippen LogP contribution >= 0.6 is 0 Å². The number of nitrogens with zero attached hydrogens (tertiary/aromatic N) is 2. The minimum atomic E-state index is -0.281. The molecule has 1 aliphatic rings. The Morgan fingerprint density at radius 1 is 1.12 bits per heavy atom. The van der Waals surface area contributed by atoms with E-state index < -0.39 is 0 Å². The van der Waals surface area contributed by atoms with Crippen LogP contribution in [0.5, 0.6) is 0 Å². The van der Waals surface area contributed by atoms with Crippen LogP contribution in [0.25, 0.3) is 0 Å². The average Bonchev–Trinajstić information content (AvgIpc) is 2.62. The van der Waals surface area contributed by atoms with Crippen molar-refractivity contribution in [2.24, 2.45) is 17.8 Å². The Morgan fingerprint density at radius 3 is 2.28 bits per heavy atom. The summed E-state index contributed by atoms with van der Waals surface area (Å²) in [7, 11) is 5.42. The molecule has 0 N–H and O–H groups in total. The number of rotatable bonds is 10. The topological polar surface area (TPSA) is 49.9 Å². The van der Waals surface area contributed by atoms with Crippen molar-refractivity contribution in [1.82, 2.24) is 9.80 Å². The van der Waals surface area contributed by atoms with Crippen molar-refractivity contribution in [2.75, 3.05) is 40.8 Å². The van der Waals surface area contributed by atoms with Gasteiger partial charge in [-0.2, -0.15) is 0 Å². The Bertz CT molecular complexity index is 404. The number of esters is 1. The Balaban J connectivity index is 2.61. The maximum Gasteiger partial charge on any atom is 0.310 e. The van der Waals surface area contributed by atoms with E-state index in [4.69, 9.17) is 4.74 Å². The predicted molar refractivity (Wildman–Crippen MR) is 101 cm³/mol. The molecule has 25 heavy (non-hydrogen) atoms. The number of ether oxygens (including phenoxy) is 1. The van der Waals surface area contributed by atoms with Gasteiger partial charge in [0.15, 0.2) is 0 Å². The molecule has 1 atom stereocenters. The molecule has 0 spiro atoms. The fraction of sp³-hybridized carbons (Fsp3) is 0.900. The van der Waals surface area contributed by atoms with Crippen LogP contribution in [0.1, 0.15) is 58.8 Å². The van der Waals surface area contributed by atoms with Crippen molar-refractivity contribution in [1.29, 1.82) is 0 Å². The fourth-order valence-corrected chi connectivity index (χ4v) is 3.67. The van der Waals surface area contributed by atoms with Gasteiger partial charge < -0.3 is 14.5 Å². The van der Waals surface area contributed by atoms with Crippen molar-refractivity contribution < 1.29 is 14.3 Å². The van der Waals surface area contributed by atoms with Crippen molar-refractivity contribution in [3.8, 4) is 0 Å². The molecule has 0 saturated heterocycles. The first-order valence-corrected chi connectivity index (χ1v) is 9.90. The molecular weight excluding hydrogens is 316 g/mol. The molecule has 0 heterocycles. The van der Waals surface area contributed by atoms with Crippen LogP contribution in [0.4, 0.5) is 0 Å². The number of carbonyl (C=O) groups is 2. The molecule has 0 aromatic heterocycles. The minimum absolute atomic E-state index is 0.130. The largest absolute Gasteiger partial charge is 0.469 e. The molecular formula is C20H38N2O3. The summed E-state index contributed by atoms with van der Waals surface area (Å²) >= 11 is 0. The second-order valence-corrected chi connectivity index (χ2v) is 7.87. The molecule has 0 aromatic carbocycles. The molecule has 146 valence electrons. The van der Waals surface area contributed by atoms with Gasteiger partial charge >= 0.3 is 5.97 Å². The van der Waals surface area contributed by atoms with Crippen LogP contribution in [0.3, 0.4) is 0 Å². The molecule has 5 nitrogen and oxygen atoms in total. The zero-order valence-electron chi connectivity index (χ0n) is 16.9. The summed E-state index contributed by atoms with van der Waals surface area (Å²) in [4.78, 5) is 28.8. The van der Waals surface area contributed by atoms with E-state index in [1.807, 2.05) is 25.9 Å². The van der Waals surface area contributed by atoms with E-state index in [9.17, 15) is 9.59 Å². The van der Waals surface area contributed by atoms with Gasteiger partial charge in [0.2, 0.25) is 5.91 Å². The number of unbranched alkanes of at least 4 members (excludes halogenated alkanes) is 1. The fourth-order valence-electron chi connectivity index (χ4n) is 3.67. The molecule has 1 unspecified atom stereocenters. The molecule has 0 radical (unpaired) electrons. The van der Waals surface area contributed by atoms with Crippen LogP contribution in [0.2, 0.25) is 0 Å². The monoisotopic (exact) mass is 354 g/mol. The van der Waals surface area contributed by atoms with Crippen molar-refractivity contribution >= 4 is 11.9 Å². The highest BCUT2D eigenvalue weighted by Gasteiger charge is 2.30. The first-order valence-electron chi connectivity index (χ1n) is 9.90. The Morgan fingerprint density at radius 2 is 1.76 bits per heavy atom. The van der Waals surface area contributed by atoms with Gasteiger partial charge in [0.1, 0.15) is 0 Å². The number of likely N-dealkylation sites (N-methyl/N-ethyl adjacent to an activating group) is 1. The van der Waals surface area contributed by atoms with E-state index in [2.05, 4.69) is 11.8 Å². The molecule has 0 aromatic rings. The van der Waals surface area contributed by atoms with Crippen LogP contribution in [-0.2, 0) is 14.3 Å². The Hall–Kier alpha value is -1.10. The number of hydrogen-bond donors (Lipinski definition) is 0. The normalized spacial score (nSPS) is 21.8.